The highest BCUT2D eigenvalue weighted by molar-refractivity contribution is 9.10. The number of hydrogen-bond donors (Lipinski definition) is 3. The third kappa shape index (κ3) is 5.34. The molecule has 0 spiro atoms. The molecule has 0 fully saturated rings. The number of hydrogen-bond acceptors (Lipinski definition) is 6. The van der Waals surface area contributed by atoms with Crippen LogP contribution in [0.5, 0.6) is 0 Å². The zero-order valence-electron chi connectivity index (χ0n) is 13.3. The average molecular weight is 437 g/mol. The van der Waals surface area contributed by atoms with Crippen molar-refractivity contribution in [2.75, 3.05) is 17.7 Å². The lowest BCUT2D eigenvalue weighted by molar-refractivity contribution is 1.16. The lowest BCUT2D eigenvalue weighted by Gasteiger charge is -2.10. The molecule has 8 heteroatoms. The van der Waals surface area contributed by atoms with Crippen LogP contribution in [0, 0.1) is 0 Å². The molecular formula is C17H15BrClN5S. The van der Waals surface area contributed by atoms with Crippen molar-refractivity contribution in [2.24, 2.45) is 0 Å². The van der Waals surface area contributed by atoms with Crippen molar-refractivity contribution in [3.8, 4) is 0 Å². The molecule has 0 radical (unpaired) electrons. The van der Waals surface area contributed by atoms with Gasteiger partial charge in [-0.1, -0.05) is 33.6 Å². The van der Waals surface area contributed by atoms with Crippen molar-refractivity contribution >= 4 is 62.5 Å². The van der Waals surface area contributed by atoms with Crippen LogP contribution >= 0.6 is 39.5 Å². The second kappa shape index (κ2) is 8.53. The van der Waals surface area contributed by atoms with Gasteiger partial charge in [0.2, 0.25) is 0 Å². The SMILES string of the molecule is CNSc1cccc(Nc2cc(Nc3cc(Cl)cc(Br)c3)ncn2)c1. The van der Waals surface area contributed by atoms with E-state index in [0.29, 0.717) is 16.7 Å². The van der Waals surface area contributed by atoms with E-state index in [-0.39, 0.29) is 0 Å². The van der Waals surface area contributed by atoms with Gasteiger partial charge in [0, 0.05) is 31.8 Å². The molecule has 2 aromatic carbocycles. The highest BCUT2D eigenvalue weighted by Crippen LogP contribution is 2.26. The van der Waals surface area contributed by atoms with Crippen LogP contribution in [0.15, 0.2) is 64.2 Å². The quantitative estimate of drug-likeness (QED) is 0.437. The number of anilines is 4. The fourth-order valence-corrected chi connectivity index (χ4v) is 3.60. The molecule has 0 aliphatic heterocycles. The Morgan fingerprint density at radius 2 is 1.72 bits per heavy atom. The van der Waals surface area contributed by atoms with Gasteiger partial charge >= 0.3 is 0 Å². The Bertz CT molecular complexity index is 857. The summed E-state index contributed by atoms with van der Waals surface area (Å²) < 4.78 is 3.96. The summed E-state index contributed by atoms with van der Waals surface area (Å²) >= 11 is 11.1. The summed E-state index contributed by atoms with van der Waals surface area (Å²) in [5.41, 5.74) is 1.80. The summed E-state index contributed by atoms with van der Waals surface area (Å²) in [6.45, 7) is 0. The second-order valence-corrected chi connectivity index (χ2v) is 7.47. The van der Waals surface area contributed by atoms with E-state index in [1.807, 2.05) is 55.6 Å². The summed E-state index contributed by atoms with van der Waals surface area (Å²) in [5, 5.41) is 7.15. The smallest absolute Gasteiger partial charge is 0.135 e. The van der Waals surface area contributed by atoms with Crippen molar-refractivity contribution in [1.82, 2.24) is 14.7 Å². The first kappa shape index (κ1) is 18.0. The number of aromatic nitrogens is 2. The molecule has 3 rings (SSSR count). The summed E-state index contributed by atoms with van der Waals surface area (Å²) in [4.78, 5) is 9.63. The molecule has 0 aliphatic rings. The number of rotatable bonds is 6. The Morgan fingerprint density at radius 3 is 2.44 bits per heavy atom. The third-order valence-corrected chi connectivity index (χ3v) is 4.50. The molecule has 3 aromatic rings. The van der Waals surface area contributed by atoms with E-state index in [0.717, 1.165) is 20.7 Å². The molecule has 128 valence electrons. The number of benzene rings is 2. The van der Waals surface area contributed by atoms with Crippen molar-refractivity contribution in [1.29, 1.82) is 0 Å². The van der Waals surface area contributed by atoms with Gasteiger partial charge in [0.05, 0.1) is 0 Å². The molecule has 1 aromatic heterocycles. The molecule has 1 heterocycles. The van der Waals surface area contributed by atoms with E-state index in [4.69, 9.17) is 11.6 Å². The minimum absolute atomic E-state index is 0.642. The molecule has 25 heavy (non-hydrogen) atoms. The molecule has 0 atom stereocenters. The first-order chi connectivity index (χ1) is 12.1. The maximum atomic E-state index is 6.07. The summed E-state index contributed by atoms with van der Waals surface area (Å²) in [6.07, 6.45) is 1.51. The van der Waals surface area contributed by atoms with E-state index in [2.05, 4.69) is 41.3 Å². The van der Waals surface area contributed by atoms with Gasteiger partial charge in [0.15, 0.2) is 0 Å². The van der Waals surface area contributed by atoms with Crippen LogP contribution in [0.25, 0.3) is 0 Å². The lowest BCUT2D eigenvalue weighted by atomic mass is 10.3. The third-order valence-electron chi connectivity index (χ3n) is 3.13. The number of nitrogens with zero attached hydrogens (tertiary/aromatic N) is 2. The van der Waals surface area contributed by atoms with E-state index in [1.54, 1.807) is 11.9 Å². The Kier molecular flexibility index (Phi) is 6.14. The minimum Gasteiger partial charge on any atom is -0.340 e. The predicted octanol–water partition coefficient (Wildman–Crippen LogP) is 5.61. The first-order valence-corrected chi connectivity index (χ1v) is 9.37. The zero-order valence-corrected chi connectivity index (χ0v) is 16.4. The van der Waals surface area contributed by atoms with Gasteiger partial charge in [0.25, 0.3) is 0 Å². The van der Waals surface area contributed by atoms with Crippen LogP contribution in [0.1, 0.15) is 0 Å². The van der Waals surface area contributed by atoms with Gasteiger partial charge in [-0.3, -0.25) is 4.72 Å². The predicted molar refractivity (Wildman–Crippen MR) is 109 cm³/mol. The molecule has 0 bridgehead atoms. The van der Waals surface area contributed by atoms with Crippen LogP contribution < -0.4 is 15.4 Å². The van der Waals surface area contributed by atoms with Crippen molar-refractivity contribution < 1.29 is 0 Å². The number of halogens is 2. The van der Waals surface area contributed by atoms with Gasteiger partial charge in [-0.25, -0.2) is 9.97 Å². The zero-order chi connectivity index (χ0) is 17.6. The molecule has 0 aliphatic carbocycles. The van der Waals surface area contributed by atoms with Gasteiger partial charge < -0.3 is 10.6 Å². The van der Waals surface area contributed by atoms with E-state index in [1.165, 1.54) is 6.33 Å². The summed E-state index contributed by atoms with van der Waals surface area (Å²) in [5.74, 6) is 1.37. The Morgan fingerprint density at radius 1 is 0.960 bits per heavy atom. The van der Waals surface area contributed by atoms with Crippen molar-refractivity contribution in [3.63, 3.8) is 0 Å². The van der Waals surface area contributed by atoms with Crippen molar-refractivity contribution in [2.45, 2.75) is 4.90 Å². The highest BCUT2D eigenvalue weighted by atomic mass is 79.9. The summed E-state index contributed by atoms with van der Waals surface area (Å²) in [6, 6.07) is 15.5. The van der Waals surface area contributed by atoms with E-state index < -0.39 is 0 Å². The Balaban J connectivity index is 1.76. The fraction of sp³-hybridized carbons (Fsp3) is 0.0588. The Labute approximate surface area is 163 Å². The monoisotopic (exact) mass is 435 g/mol. The van der Waals surface area contributed by atoms with Gasteiger partial charge in [-0.15, -0.1) is 0 Å². The molecule has 3 N–H and O–H groups in total. The minimum atomic E-state index is 0.642. The fourth-order valence-electron chi connectivity index (χ4n) is 2.17. The van der Waals surface area contributed by atoms with E-state index >= 15 is 0 Å². The highest BCUT2D eigenvalue weighted by Gasteiger charge is 2.03. The van der Waals surface area contributed by atoms with Gasteiger partial charge in [0.1, 0.15) is 18.0 Å². The summed E-state index contributed by atoms with van der Waals surface area (Å²) in [7, 11) is 1.89. The maximum Gasteiger partial charge on any atom is 0.135 e. The normalized spacial score (nSPS) is 10.5. The van der Waals surface area contributed by atoms with Gasteiger partial charge in [-0.05, 0) is 55.4 Å². The largest absolute Gasteiger partial charge is 0.340 e. The van der Waals surface area contributed by atoms with Crippen LogP contribution in [-0.2, 0) is 0 Å². The van der Waals surface area contributed by atoms with Crippen molar-refractivity contribution in [3.05, 3.63) is 64.4 Å². The standard InChI is InChI=1S/C17H15BrClN5S/c1-20-25-15-4-2-3-13(8-15)23-16-9-17(22-10-21-16)24-14-6-11(18)5-12(19)7-14/h2-10,20H,1H3,(H2,21,22,23,24). The number of nitrogens with one attached hydrogen (secondary N) is 3. The first-order valence-electron chi connectivity index (χ1n) is 7.38. The topological polar surface area (TPSA) is 61.9 Å². The van der Waals surface area contributed by atoms with E-state index in [9.17, 15) is 0 Å². The molecule has 0 saturated heterocycles. The van der Waals surface area contributed by atoms with Crippen LogP contribution in [0.2, 0.25) is 5.02 Å². The molecule has 0 saturated carbocycles. The molecule has 0 unspecified atom stereocenters. The molecule has 0 amide bonds. The van der Waals surface area contributed by atoms with Gasteiger partial charge in [-0.2, -0.15) is 0 Å². The average Bonchev–Trinajstić information content (AvgIpc) is 2.55. The van der Waals surface area contributed by atoms with Crippen LogP contribution in [-0.4, -0.2) is 17.0 Å². The molecule has 5 nitrogen and oxygen atoms in total. The van der Waals surface area contributed by atoms with Crippen LogP contribution in [0.4, 0.5) is 23.0 Å². The lowest BCUT2D eigenvalue weighted by Crippen LogP contribution is -1.99. The second-order valence-electron chi connectivity index (χ2n) is 5.03. The van der Waals surface area contributed by atoms with Crippen LogP contribution in [0.3, 0.4) is 0 Å². The maximum absolute atomic E-state index is 6.07. The molecular weight excluding hydrogens is 422 g/mol. The Hall–Kier alpha value is -1.80.